The molecule has 0 aliphatic rings. The molecule has 0 fully saturated rings. The second-order valence-electron chi connectivity index (χ2n) is 8.45. The second-order valence-corrected chi connectivity index (χ2v) is 8.45. The maximum Gasteiger partial charge on any atom is 0.471 e. The van der Waals surface area contributed by atoms with Gasteiger partial charge in [0.05, 0.1) is 13.2 Å². The van der Waals surface area contributed by atoms with Gasteiger partial charge in [0, 0.05) is 18.3 Å². The first kappa shape index (κ1) is 27.9. The van der Waals surface area contributed by atoms with Crippen molar-refractivity contribution in [2.75, 3.05) is 18.6 Å². The van der Waals surface area contributed by atoms with E-state index in [9.17, 15) is 22.8 Å². The molecule has 0 unspecified atom stereocenters. The van der Waals surface area contributed by atoms with Crippen molar-refractivity contribution in [1.82, 2.24) is 5.32 Å². The van der Waals surface area contributed by atoms with Gasteiger partial charge in [0.25, 0.3) is 0 Å². The molecule has 2 amide bonds. The van der Waals surface area contributed by atoms with Gasteiger partial charge in [0.1, 0.15) is 5.75 Å². The number of halogens is 3. The van der Waals surface area contributed by atoms with Gasteiger partial charge in [0.2, 0.25) is 5.91 Å². The largest absolute Gasteiger partial charge is 0.497 e. The summed E-state index contributed by atoms with van der Waals surface area (Å²) in [5.41, 5.74) is 7.08. The topological polar surface area (TPSA) is 84.7 Å². The summed E-state index contributed by atoms with van der Waals surface area (Å²) in [5.74, 6) is -1.96. The van der Waals surface area contributed by atoms with Crippen LogP contribution in [0.25, 0.3) is 0 Å². The van der Waals surface area contributed by atoms with Crippen molar-refractivity contribution in [3.05, 3.63) is 72.3 Å². The molecule has 0 bridgehead atoms. The van der Waals surface area contributed by atoms with E-state index in [0.717, 1.165) is 5.56 Å². The van der Waals surface area contributed by atoms with Crippen LogP contribution >= 0.6 is 0 Å². The first-order valence-electron chi connectivity index (χ1n) is 11.3. The third-order valence-electron chi connectivity index (χ3n) is 5.46. The Balaban J connectivity index is 2.21. The van der Waals surface area contributed by atoms with Gasteiger partial charge in [0.15, 0.2) is 0 Å². The van der Waals surface area contributed by atoms with Gasteiger partial charge in [-0.25, -0.2) is 0 Å². The van der Waals surface area contributed by atoms with Crippen molar-refractivity contribution in [3.8, 4) is 5.75 Å². The van der Waals surface area contributed by atoms with E-state index in [2.05, 4.69) is 5.32 Å². The van der Waals surface area contributed by atoms with Gasteiger partial charge in [-0.1, -0.05) is 56.3 Å². The molecule has 9 heteroatoms. The first-order chi connectivity index (χ1) is 16.5. The third kappa shape index (κ3) is 8.75. The average molecular weight is 492 g/mol. The highest BCUT2D eigenvalue weighted by Crippen LogP contribution is 2.25. The molecule has 0 aliphatic carbocycles. The van der Waals surface area contributed by atoms with E-state index >= 15 is 0 Å². The van der Waals surface area contributed by atoms with Crippen molar-refractivity contribution in [3.63, 3.8) is 0 Å². The molecule has 190 valence electrons. The number of nitrogens with zero attached hydrogens (tertiary/aromatic N) is 1. The van der Waals surface area contributed by atoms with E-state index in [4.69, 9.17) is 10.5 Å². The number of methoxy groups -OCH3 is 1. The lowest BCUT2D eigenvalue weighted by Crippen LogP contribution is -2.47. The Morgan fingerprint density at radius 1 is 1.09 bits per heavy atom. The summed E-state index contributed by atoms with van der Waals surface area (Å²) in [7, 11) is 1.44. The number of hydrogen-bond donors (Lipinski definition) is 2. The van der Waals surface area contributed by atoms with Crippen LogP contribution in [0, 0.1) is 5.92 Å². The predicted molar refractivity (Wildman–Crippen MR) is 130 cm³/mol. The minimum absolute atomic E-state index is 0.0736. The number of anilines is 1. The number of hydrogen-bond acceptors (Lipinski definition) is 4. The summed E-state index contributed by atoms with van der Waals surface area (Å²) in [6, 6.07) is 14.1. The van der Waals surface area contributed by atoms with Crippen LogP contribution in [0.4, 0.5) is 18.9 Å². The lowest BCUT2D eigenvalue weighted by molar-refractivity contribution is -0.170. The Morgan fingerprint density at radius 3 is 2.26 bits per heavy atom. The summed E-state index contributed by atoms with van der Waals surface area (Å²) < 4.78 is 44.8. The maximum absolute atomic E-state index is 13.3. The number of benzene rings is 2. The van der Waals surface area contributed by atoms with E-state index in [1.54, 1.807) is 6.08 Å². The number of carbonyl (C=O) groups is 2. The quantitative estimate of drug-likeness (QED) is 0.461. The molecule has 2 aromatic rings. The van der Waals surface area contributed by atoms with Gasteiger partial charge in [-0.2, -0.15) is 13.2 Å². The van der Waals surface area contributed by atoms with Crippen LogP contribution in [0.3, 0.4) is 0 Å². The standard InChI is InChI=1S/C26H32F3N3O3/c1-18(2)23(30)24(33)31-20(12-11-19-8-5-4-6-9-19)10-7-17-32(25(34)26(27,28)29)21-13-15-22(35-3)16-14-21/h4-10,13-16,18,20,23H,11-12,17,30H2,1-3H3,(H,31,33)/b10-7+/t20-,23+/m1/s1. The SMILES string of the molecule is COc1ccc(N(C/C=C/[C@H](CCc2ccccc2)NC(=O)[C@@H](N)C(C)C)C(=O)C(F)(F)F)cc1. The lowest BCUT2D eigenvalue weighted by Gasteiger charge is -2.24. The average Bonchev–Trinajstić information content (AvgIpc) is 2.84. The van der Waals surface area contributed by atoms with Crippen LogP contribution in [0.2, 0.25) is 0 Å². The fourth-order valence-electron chi connectivity index (χ4n) is 3.32. The van der Waals surface area contributed by atoms with Crippen molar-refractivity contribution in [2.24, 2.45) is 11.7 Å². The van der Waals surface area contributed by atoms with Crippen molar-refractivity contribution in [2.45, 2.75) is 44.9 Å². The Labute approximate surface area is 203 Å². The van der Waals surface area contributed by atoms with E-state index < -0.39 is 24.2 Å². The molecule has 2 aromatic carbocycles. The van der Waals surface area contributed by atoms with Crippen LogP contribution in [0.15, 0.2) is 66.7 Å². The van der Waals surface area contributed by atoms with Crippen LogP contribution in [-0.4, -0.2) is 43.7 Å². The molecule has 2 rings (SSSR count). The zero-order chi connectivity index (χ0) is 26.0. The fourth-order valence-corrected chi connectivity index (χ4v) is 3.32. The highest BCUT2D eigenvalue weighted by Gasteiger charge is 2.42. The molecule has 0 saturated carbocycles. The van der Waals surface area contributed by atoms with E-state index in [1.807, 2.05) is 44.2 Å². The third-order valence-corrected chi connectivity index (χ3v) is 5.46. The molecular weight excluding hydrogens is 459 g/mol. The van der Waals surface area contributed by atoms with E-state index in [0.29, 0.717) is 23.5 Å². The maximum atomic E-state index is 13.3. The molecule has 0 saturated heterocycles. The monoisotopic (exact) mass is 491 g/mol. The second kappa shape index (κ2) is 12.9. The predicted octanol–water partition coefficient (Wildman–Crippen LogP) is 4.25. The lowest BCUT2D eigenvalue weighted by atomic mass is 10.0. The fraction of sp³-hybridized carbons (Fsp3) is 0.385. The molecule has 0 aliphatic heterocycles. The smallest absolute Gasteiger partial charge is 0.471 e. The summed E-state index contributed by atoms with van der Waals surface area (Å²) in [5, 5.41) is 2.86. The summed E-state index contributed by atoms with van der Waals surface area (Å²) in [6.07, 6.45) is -0.846. The van der Waals surface area contributed by atoms with Gasteiger partial charge in [-0.3, -0.25) is 9.59 Å². The van der Waals surface area contributed by atoms with Gasteiger partial charge in [-0.05, 0) is 48.6 Å². The molecular formula is C26H32F3N3O3. The van der Waals surface area contributed by atoms with Gasteiger partial charge < -0.3 is 20.7 Å². The molecule has 3 N–H and O–H groups in total. The molecule has 35 heavy (non-hydrogen) atoms. The minimum Gasteiger partial charge on any atom is -0.497 e. The molecule has 0 radical (unpaired) electrons. The number of nitrogens with one attached hydrogen (secondary N) is 1. The first-order valence-corrected chi connectivity index (χ1v) is 11.3. The summed E-state index contributed by atoms with van der Waals surface area (Å²) >= 11 is 0. The number of carbonyl (C=O) groups excluding carboxylic acids is 2. The Kier molecular flexibility index (Phi) is 10.3. The Hall–Kier alpha value is -3.33. The number of alkyl halides is 3. The number of aryl methyl sites for hydroxylation is 1. The van der Waals surface area contributed by atoms with E-state index in [-0.39, 0.29) is 24.1 Å². The number of ether oxygens (including phenoxy) is 1. The van der Waals surface area contributed by atoms with Gasteiger partial charge in [-0.15, -0.1) is 0 Å². The van der Waals surface area contributed by atoms with E-state index in [1.165, 1.54) is 37.5 Å². The van der Waals surface area contributed by atoms with Crippen LogP contribution in [0.1, 0.15) is 25.8 Å². The zero-order valence-corrected chi connectivity index (χ0v) is 20.1. The number of nitrogens with two attached hydrogens (primary N) is 1. The van der Waals surface area contributed by atoms with Crippen molar-refractivity contribution < 1.29 is 27.5 Å². The summed E-state index contributed by atoms with van der Waals surface area (Å²) in [6.45, 7) is 3.32. The van der Waals surface area contributed by atoms with Crippen LogP contribution in [0.5, 0.6) is 5.75 Å². The van der Waals surface area contributed by atoms with Crippen molar-refractivity contribution >= 4 is 17.5 Å². The highest BCUT2D eigenvalue weighted by molar-refractivity contribution is 5.97. The Morgan fingerprint density at radius 2 is 1.71 bits per heavy atom. The van der Waals surface area contributed by atoms with Crippen LogP contribution < -0.4 is 20.7 Å². The van der Waals surface area contributed by atoms with Crippen molar-refractivity contribution in [1.29, 1.82) is 0 Å². The van der Waals surface area contributed by atoms with Gasteiger partial charge >= 0.3 is 12.1 Å². The molecule has 0 heterocycles. The minimum atomic E-state index is -5.04. The summed E-state index contributed by atoms with van der Waals surface area (Å²) in [4.78, 5) is 25.3. The normalized spacial score (nSPS) is 13.5. The molecule has 6 nitrogen and oxygen atoms in total. The number of rotatable bonds is 11. The molecule has 0 aromatic heterocycles. The highest BCUT2D eigenvalue weighted by atomic mass is 19.4. The molecule has 2 atom stereocenters. The Bertz CT molecular complexity index is 977. The zero-order valence-electron chi connectivity index (χ0n) is 20.1. The molecule has 0 spiro atoms. The number of amides is 2. The van der Waals surface area contributed by atoms with Crippen LogP contribution in [-0.2, 0) is 16.0 Å².